The van der Waals surface area contributed by atoms with Gasteiger partial charge in [-0.1, -0.05) is 0 Å². The molecule has 5 aromatic rings. The lowest BCUT2D eigenvalue weighted by atomic mass is 10.1. The monoisotopic (exact) mass is 677 g/mol. The van der Waals surface area contributed by atoms with Crippen LogP contribution in [0.4, 0.5) is 9.59 Å². The highest BCUT2D eigenvalue weighted by Gasteiger charge is 2.39. The number of carbonyl (C=O) groups excluding carboxylic acids is 6. The highest BCUT2D eigenvalue weighted by atomic mass is 32.1. The summed E-state index contributed by atoms with van der Waals surface area (Å²) in [7, 11) is 5.10. The summed E-state index contributed by atoms with van der Waals surface area (Å²) in [6.45, 7) is 0. The van der Waals surface area contributed by atoms with Crippen molar-refractivity contribution in [1.29, 1.82) is 0 Å². The molecule has 5 aromatic heterocycles. The van der Waals surface area contributed by atoms with Gasteiger partial charge < -0.3 is 4.98 Å². The summed E-state index contributed by atoms with van der Waals surface area (Å²) in [6, 6.07) is 9.10. The van der Waals surface area contributed by atoms with Crippen LogP contribution in [-0.2, 0) is 19.2 Å². The van der Waals surface area contributed by atoms with E-state index in [2.05, 4.69) is 4.98 Å². The lowest BCUT2D eigenvalue weighted by Crippen LogP contribution is -2.52. The molecule has 0 saturated carbocycles. The van der Waals surface area contributed by atoms with Crippen molar-refractivity contribution in [3.63, 3.8) is 0 Å². The molecular weight excluding hydrogens is 655 g/mol. The molecule has 11 nitrogen and oxygen atoms in total. The fourth-order valence-corrected chi connectivity index (χ4v) is 9.25. The van der Waals surface area contributed by atoms with Crippen molar-refractivity contribution in [1.82, 2.24) is 24.6 Å². The van der Waals surface area contributed by atoms with Gasteiger partial charge in [0.1, 0.15) is 11.1 Å². The Balaban J connectivity index is 1.19. The van der Waals surface area contributed by atoms with Gasteiger partial charge in [-0.25, -0.2) is 9.59 Å². The Morgan fingerprint density at radius 2 is 0.911 bits per heavy atom. The number of urea groups is 2. The van der Waals surface area contributed by atoms with E-state index < -0.39 is 35.7 Å². The van der Waals surface area contributed by atoms with Gasteiger partial charge in [0.05, 0.1) is 23.2 Å². The van der Waals surface area contributed by atoms with Gasteiger partial charge in [-0.15, -0.1) is 45.3 Å². The number of fused-ring (bicyclic) bond motifs is 3. The number of hydrogen-bond acceptors (Lipinski definition) is 10. The van der Waals surface area contributed by atoms with Crippen molar-refractivity contribution in [3.8, 4) is 19.5 Å². The first-order valence-electron chi connectivity index (χ1n) is 14.2. The Kier molecular flexibility index (Phi) is 6.19. The van der Waals surface area contributed by atoms with Gasteiger partial charge in [-0.2, -0.15) is 0 Å². The number of imide groups is 4. The van der Waals surface area contributed by atoms with E-state index in [4.69, 9.17) is 2.74 Å². The number of nitrogens with one attached hydrogen (secondary N) is 1. The zero-order valence-electron chi connectivity index (χ0n) is 25.8. The van der Waals surface area contributed by atoms with Gasteiger partial charge in [0, 0.05) is 57.5 Å². The molecule has 0 bridgehead atoms. The number of carbonyl (C=O) groups is 6. The summed E-state index contributed by atoms with van der Waals surface area (Å²) in [5, 5.41) is 0. The molecule has 7 rings (SSSR count). The maximum atomic E-state index is 12.7. The standard InChI is InChI=1S/C30H21N5O6S4/c1-32-25(36)15(26(37)33(2)29(32)40)9-13-5-7-19(42-13)21-11-17-23(44-21)24-18(31-17)12-22(45-24)20-8-6-14(43-20)10-16-27(38)34(3)30(41)35(4)28(16)39/h5-12,31H,1-4H3/i9D,10D. The van der Waals surface area contributed by atoms with Gasteiger partial charge in [-0.05, 0) is 48.5 Å². The minimum Gasteiger partial charge on any atom is -0.353 e. The van der Waals surface area contributed by atoms with Crippen LogP contribution in [0.3, 0.4) is 0 Å². The van der Waals surface area contributed by atoms with Crippen molar-refractivity contribution in [3.05, 3.63) is 57.3 Å². The van der Waals surface area contributed by atoms with Gasteiger partial charge in [0.25, 0.3) is 23.6 Å². The van der Waals surface area contributed by atoms with E-state index in [1.807, 2.05) is 24.3 Å². The van der Waals surface area contributed by atoms with Crippen LogP contribution in [0, 0.1) is 0 Å². The summed E-state index contributed by atoms with van der Waals surface area (Å²) in [4.78, 5) is 86.1. The predicted octanol–water partition coefficient (Wildman–Crippen LogP) is 5.77. The van der Waals surface area contributed by atoms with E-state index in [-0.39, 0.29) is 23.3 Å². The van der Waals surface area contributed by atoms with Crippen LogP contribution < -0.4 is 0 Å². The van der Waals surface area contributed by atoms with Crippen molar-refractivity contribution < 1.29 is 31.5 Å². The average molecular weight is 678 g/mol. The quantitative estimate of drug-likeness (QED) is 0.190. The van der Waals surface area contributed by atoms with E-state index >= 15 is 0 Å². The Hall–Kier alpha value is -4.70. The number of nitrogens with zero attached hydrogens (tertiary/aromatic N) is 4. The summed E-state index contributed by atoms with van der Waals surface area (Å²) in [5.41, 5.74) is 1.15. The molecule has 45 heavy (non-hydrogen) atoms. The molecule has 2 aliphatic heterocycles. The zero-order valence-corrected chi connectivity index (χ0v) is 27.1. The fourth-order valence-electron chi connectivity index (χ4n) is 4.88. The van der Waals surface area contributed by atoms with Crippen LogP contribution in [0.1, 0.15) is 12.5 Å². The number of thiophene rings is 4. The first-order valence-corrected chi connectivity index (χ1v) is 16.4. The molecule has 0 aliphatic carbocycles. The predicted molar refractivity (Wildman–Crippen MR) is 176 cm³/mol. The smallest absolute Gasteiger partial charge is 0.333 e. The molecule has 8 amide bonds. The average Bonchev–Trinajstić information content (AvgIpc) is 3.87. The summed E-state index contributed by atoms with van der Waals surface area (Å²) >= 11 is 5.67. The highest BCUT2D eigenvalue weighted by Crippen LogP contribution is 2.46. The molecule has 0 atom stereocenters. The number of likely N-dealkylation sites (N-methyl/N-ethyl adjacent to an activating group) is 4. The second-order valence-electron chi connectivity index (χ2n) is 10.2. The number of barbiturate groups is 2. The maximum Gasteiger partial charge on any atom is 0.333 e. The van der Waals surface area contributed by atoms with Crippen molar-refractivity contribution in [2.75, 3.05) is 28.2 Å². The minimum atomic E-state index is -0.806. The van der Waals surface area contributed by atoms with Crippen LogP contribution >= 0.6 is 45.3 Å². The van der Waals surface area contributed by atoms with E-state index in [0.717, 1.165) is 59.5 Å². The number of rotatable bonds is 4. The van der Waals surface area contributed by atoms with Crippen molar-refractivity contribution in [2.45, 2.75) is 0 Å². The van der Waals surface area contributed by atoms with Crippen LogP contribution in [0.15, 0.2) is 47.5 Å². The molecule has 15 heteroatoms. The second kappa shape index (κ2) is 10.4. The minimum absolute atomic E-state index is 0.235. The van der Waals surface area contributed by atoms with Crippen molar-refractivity contribution >= 4 is 114 Å². The Bertz CT molecular complexity index is 2130. The molecule has 0 spiro atoms. The molecule has 2 fully saturated rings. The number of hydrogen-bond donors (Lipinski definition) is 1. The zero-order chi connectivity index (χ0) is 33.6. The molecule has 226 valence electrons. The molecule has 2 saturated heterocycles. The van der Waals surface area contributed by atoms with E-state index in [1.165, 1.54) is 50.9 Å². The third kappa shape index (κ3) is 4.58. The highest BCUT2D eigenvalue weighted by molar-refractivity contribution is 7.32. The van der Waals surface area contributed by atoms with E-state index in [0.29, 0.717) is 9.75 Å². The topological polar surface area (TPSA) is 131 Å². The van der Waals surface area contributed by atoms with Gasteiger partial charge >= 0.3 is 12.1 Å². The fraction of sp³-hybridized carbons (Fsp3) is 0.133. The number of aromatic nitrogens is 1. The van der Waals surface area contributed by atoms with Crippen LogP contribution in [-0.4, -0.2) is 88.5 Å². The third-order valence-electron chi connectivity index (χ3n) is 7.36. The number of amides is 8. The number of aromatic amines is 1. The van der Waals surface area contributed by atoms with E-state index in [9.17, 15) is 28.8 Å². The molecule has 0 aromatic carbocycles. The first-order chi connectivity index (χ1) is 22.3. The Labute approximate surface area is 273 Å². The lowest BCUT2D eigenvalue weighted by Gasteiger charge is -2.28. The number of H-pyrrole nitrogens is 1. The van der Waals surface area contributed by atoms with Gasteiger partial charge in [0.15, 0.2) is 0 Å². The molecule has 1 N–H and O–H groups in total. The van der Waals surface area contributed by atoms with Crippen LogP contribution in [0.25, 0.3) is 52.0 Å². The first kappa shape index (κ1) is 26.7. The summed E-state index contributed by atoms with van der Waals surface area (Å²) in [5.74, 6) is -3.22. The van der Waals surface area contributed by atoms with E-state index in [1.54, 1.807) is 34.8 Å². The van der Waals surface area contributed by atoms with Crippen LogP contribution in [0.5, 0.6) is 0 Å². The molecular formula is C30H21N5O6S4. The maximum absolute atomic E-state index is 12.7. The largest absolute Gasteiger partial charge is 0.353 e. The molecule has 0 unspecified atom stereocenters. The van der Waals surface area contributed by atoms with Gasteiger partial charge in [-0.3, -0.25) is 38.8 Å². The third-order valence-corrected chi connectivity index (χ3v) is 12.2. The SMILES string of the molecule is [2H]C(=C1C(=O)N(C)C(=O)N(C)C1=O)c1ccc(-c2cc3[nH]c4cc(-c5ccc(C([2H])=C6C(=O)N(C)C(=O)N(C)C6=O)s5)sc4c3s2)s1. The van der Waals surface area contributed by atoms with Crippen molar-refractivity contribution in [2.24, 2.45) is 0 Å². The summed E-state index contributed by atoms with van der Waals surface area (Å²) < 4.78 is 19.3. The normalized spacial score (nSPS) is 17.1. The van der Waals surface area contributed by atoms with Crippen LogP contribution in [0.2, 0.25) is 0 Å². The molecule has 7 heterocycles. The second-order valence-corrected chi connectivity index (χ2v) is 14.5. The van der Waals surface area contributed by atoms with Gasteiger partial charge in [0.2, 0.25) is 0 Å². The Morgan fingerprint density at radius 3 is 1.27 bits per heavy atom. The Morgan fingerprint density at radius 1 is 0.556 bits per heavy atom. The molecule has 2 aliphatic rings. The summed E-state index contributed by atoms with van der Waals surface area (Å²) in [6.07, 6.45) is 0. The lowest BCUT2D eigenvalue weighted by molar-refractivity contribution is -0.135. The molecule has 0 radical (unpaired) electrons.